The molecule has 3 nitrogen and oxygen atoms in total. The molecule has 29 heavy (non-hydrogen) atoms. The van der Waals surface area contributed by atoms with Gasteiger partial charge in [-0.15, -0.1) is 0 Å². The lowest BCUT2D eigenvalue weighted by Crippen LogP contribution is -2.25. The third-order valence-electron chi connectivity index (χ3n) is 5.55. The Morgan fingerprint density at radius 1 is 0.897 bits per heavy atom. The second kappa shape index (κ2) is 7.30. The van der Waals surface area contributed by atoms with Crippen LogP contribution < -0.4 is 15.2 Å². The van der Waals surface area contributed by atoms with Gasteiger partial charge < -0.3 is 4.74 Å². The minimum absolute atomic E-state index is 0.144. The Bertz CT molecular complexity index is 1310. The van der Waals surface area contributed by atoms with E-state index in [9.17, 15) is 10.5 Å². The monoisotopic (exact) mass is 376 g/mol. The van der Waals surface area contributed by atoms with Gasteiger partial charge in [0, 0.05) is 5.22 Å². The van der Waals surface area contributed by atoms with E-state index in [1.807, 2.05) is 30.3 Å². The lowest BCUT2D eigenvalue weighted by molar-refractivity contribution is 0.414. The molecule has 140 valence electrons. The molecule has 1 aliphatic rings. The van der Waals surface area contributed by atoms with E-state index in [0.717, 1.165) is 34.1 Å². The minimum atomic E-state index is 0.144. The molecule has 0 bridgehead atoms. The normalized spacial score (nSPS) is 11.7. The van der Waals surface area contributed by atoms with Crippen LogP contribution in [0, 0.1) is 36.5 Å². The lowest BCUT2D eigenvalue weighted by Gasteiger charge is -2.23. The van der Waals surface area contributed by atoms with Crippen LogP contribution in [0.1, 0.15) is 33.4 Å². The first kappa shape index (κ1) is 18.5. The molecule has 1 aliphatic carbocycles. The number of hydrogen-bond donors (Lipinski definition) is 0. The van der Waals surface area contributed by atoms with Gasteiger partial charge in [0.25, 0.3) is 0 Å². The number of benzene rings is 3. The van der Waals surface area contributed by atoms with Gasteiger partial charge in [0.05, 0.1) is 7.11 Å². The summed E-state index contributed by atoms with van der Waals surface area (Å²) in [5, 5.41) is 20.4. The lowest BCUT2D eigenvalue weighted by atomic mass is 9.80. The van der Waals surface area contributed by atoms with Crippen LogP contribution >= 0.6 is 0 Å². The summed E-state index contributed by atoms with van der Waals surface area (Å²) in [6.07, 6.45) is 0.779. The van der Waals surface area contributed by atoms with Crippen LogP contribution in [0.25, 0.3) is 11.1 Å². The molecule has 0 spiro atoms. The fourth-order valence-corrected chi connectivity index (χ4v) is 4.27. The third-order valence-corrected chi connectivity index (χ3v) is 5.55. The van der Waals surface area contributed by atoms with Gasteiger partial charge in [-0.05, 0) is 82.6 Å². The first-order valence-corrected chi connectivity index (χ1v) is 9.49. The van der Waals surface area contributed by atoms with Crippen molar-refractivity contribution in [1.29, 1.82) is 10.5 Å². The van der Waals surface area contributed by atoms with Crippen molar-refractivity contribution in [3.05, 3.63) is 98.4 Å². The summed E-state index contributed by atoms with van der Waals surface area (Å²) in [5.41, 5.74) is 8.47. The minimum Gasteiger partial charge on any atom is -0.497 e. The molecule has 0 saturated heterocycles. The highest BCUT2D eigenvalue weighted by Gasteiger charge is 2.21. The average Bonchev–Trinajstić information content (AvgIpc) is 2.73. The summed E-state index contributed by atoms with van der Waals surface area (Å²) in [7, 11) is 1.69. The number of fused-ring (bicyclic) bond motifs is 2. The third kappa shape index (κ3) is 3.08. The molecule has 0 aromatic heterocycles. The first-order chi connectivity index (χ1) is 14.1. The maximum atomic E-state index is 9.27. The molecular formula is C26H20N2O. The van der Waals surface area contributed by atoms with Crippen molar-refractivity contribution >= 4 is 11.1 Å². The molecular weight excluding hydrogens is 356 g/mol. The van der Waals surface area contributed by atoms with Gasteiger partial charge >= 0.3 is 0 Å². The van der Waals surface area contributed by atoms with Crippen LogP contribution in [0.4, 0.5) is 0 Å². The van der Waals surface area contributed by atoms with Crippen molar-refractivity contribution in [1.82, 2.24) is 0 Å². The predicted octanol–water partition coefficient (Wildman–Crippen LogP) is 3.66. The summed E-state index contributed by atoms with van der Waals surface area (Å²) in [4.78, 5) is 0. The summed E-state index contributed by atoms with van der Waals surface area (Å²) in [6.45, 7) is 4.22. The van der Waals surface area contributed by atoms with Gasteiger partial charge in [0.2, 0.25) is 0 Å². The molecule has 0 aliphatic heterocycles. The summed E-state index contributed by atoms with van der Waals surface area (Å²) < 4.78 is 5.45. The Kier molecular flexibility index (Phi) is 4.67. The van der Waals surface area contributed by atoms with E-state index in [0.29, 0.717) is 5.22 Å². The smallest absolute Gasteiger partial charge is 0.136 e. The number of ether oxygens (including phenoxy) is 1. The van der Waals surface area contributed by atoms with Crippen molar-refractivity contribution in [2.75, 3.05) is 7.11 Å². The number of methoxy groups -OCH3 is 1. The highest BCUT2D eigenvalue weighted by Crippen LogP contribution is 2.34. The fraction of sp³-hybridized carbons (Fsp3) is 0.154. The maximum absolute atomic E-state index is 9.27. The molecule has 0 saturated carbocycles. The number of aryl methyl sites for hydroxylation is 2. The molecule has 3 heteroatoms. The van der Waals surface area contributed by atoms with Crippen LogP contribution in [0.2, 0.25) is 0 Å². The van der Waals surface area contributed by atoms with Gasteiger partial charge in [-0.1, -0.05) is 36.4 Å². The molecule has 3 aromatic carbocycles. The average molecular weight is 376 g/mol. The molecule has 0 amide bonds. The van der Waals surface area contributed by atoms with Crippen LogP contribution in [-0.2, 0) is 6.42 Å². The highest BCUT2D eigenvalue weighted by molar-refractivity contribution is 5.86. The number of hydrogen-bond acceptors (Lipinski definition) is 3. The van der Waals surface area contributed by atoms with E-state index >= 15 is 0 Å². The van der Waals surface area contributed by atoms with Gasteiger partial charge in [0.1, 0.15) is 23.5 Å². The molecule has 0 radical (unpaired) electrons. The zero-order chi connectivity index (χ0) is 20.5. The van der Waals surface area contributed by atoms with Crippen LogP contribution in [0.15, 0.2) is 54.6 Å². The van der Waals surface area contributed by atoms with Gasteiger partial charge in [-0.2, -0.15) is 10.5 Å². The van der Waals surface area contributed by atoms with Crippen LogP contribution in [-0.4, -0.2) is 7.11 Å². The summed E-state index contributed by atoms with van der Waals surface area (Å²) in [6, 6.07) is 22.5. The van der Waals surface area contributed by atoms with E-state index in [2.05, 4.69) is 50.2 Å². The Balaban J connectivity index is 2.15. The van der Waals surface area contributed by atoms with Crippen LogP contribution in [0.3, 0.4) is 0 Å². The van der Waals surface area contributed by atoms with E-state index < -0.39 is 0 Å². The number of nitriles is 2. The summed E-state index contributed by atoms with van der Waals surface area (Å²) >= 11 is 0. The van der Waals surface area contributed by atoms with Crippen molar-refractivity contribution < 1.29 is 4.74 Å². The van der Waals surface area contributed by atoms with Crippen LogP contribution in [0.5, 0.6) is 5.75 Å². The second-order valence-corrected chi connectivity index (χ2v) is 7.32. The topological polar surface area (TPSA) is 56.8 Å². The zero-order valence-corrected chi connectivity index (χ0v) is 16.7. The van der Waals surface area contributed by atoms with Crippen molar-refractivity contribution in [2.45, 2.75) is 20.3 Å². The molecule has 3 aromatic rings. The molecule has 0 heterocycles. The number of rotatable bonds is 2. The molecule has 0 atom stereocenters. The van der Waals surface area contributed by atoms with Crippen molar-refractivity contribution in [3.63, 3.8) is 0 Å². The quantitative estimate of drug-likeness (QED) is 0.536. The van der Waals surface area contributed by atoms with Gasteiger partial charge in [-0.25, -0.2) is 0 Å². The van der Waals surface area contributed by atoms with E-state index in [4.69, 9.17) is 4.74 Å². The van der Waals surface area contributed by atoms with Gasteiger partial charge in [-0.3, -0.25) is 0 Å². The van der Waals surface area contributed by atoms with Crippen molar-refractivity contribution in [2.24, 2.45) is 0 Å². The zero-order valence-electron chi connectivity index (χ0n) is 16.7. The van der Waals surface area contributed by atoms with Crippen molar-refractivity contribution in [3.8, 4) is 17.9 Å². The Hall–Kier alpha value is -3.82. The predicted molar refractivity (Wildman–Crippen MR) is 114 cm³/mol. The van der Waals surface area contributed by atoms with E-state index in [-0.39, 0.29) is 5.57 Å². The maximum Gasteiger partial charge on any atom is 0.136 e. The molecule has 0 fully saturated rings. The Morgan fingerprint density at radius 2 is 1.59 bits per heavy atom. The standard InChI is InChI=1S/C26H20N2O/c1-16-10-22(29-3)11-17(2)25(16)26-23-7-5-4-6-19(23)13-20-12-18(8-9-24(20)26)21(14-27)15-28/h4-12H,13H2,1-3H3. The summed E-state index contributed by atoms with van der Waals surface area (Å²) in [5.74, 6) is 0.853. The van der Waals surface area contributed by atoms with E-state index in [1.54, 1.807) is 7.11 Å². The first-order valence-electron chi connectivity index (χ1n) is 9.49. The van der Waals surface area contributed by atoms with Gasteiger partial charge in [0.15, 0.2) is 0 Å². The largest absolute Gasteiger partial charge is 0.497 e. The second-order valence-electron chi connectivity index (χ2n) is 7.32. The fourth-order valence-electron chi connectivity index (χ4n) is 4.27. The molecule has 4 rings (SSSR count). The molecule has 0 unspecified atom stereocenters. The Morgan fingerprint density at radius 3 is 2.24 bits per heavy atom. The SMILES string of the molecule is COc1cc(C)c(C2=c3ccc(=C(C#N)C#N)cc3Cc3ccccc32)c(C)c1. The van der Waals surface area contributed by atoms with E-state index in [1.165, 1.54) is 22.3 Å². The Labute approximate surface area is 170 Å². The molecule has 0 N–H and O–H groups in total. The number of nitrogens with zero attached hydrogens (tertiary/aromatic N) is 2. The highest BCUT2D eigenvalue weighted by atomic mass is 16.5.